The molecule has 156 valence electrons. The number of pyridine rings is 2. The first-order valence-corrected chi connectivity index (χ1v) is 10.9. The molecule has 0 radical (unpaired) electrons. The number of rotatable bonds is 4. The molecule has 0 aliphatic carbocycles. The van der Waals surface area contributed by atoms with Gasteiger partial charge in [-0.1, -0.05) is 24.3 Å². The van der Waals surface area contributed by atoms with Crippen LogP contribution >= 0.6 is 0 Å². The molecule has 0 unspecified atom stereocenters. The maximum absolute atomic E-state index is 5.29. The quantitative estimate of drug-likeness (QED) is 0.371. The van der Waals surface area contributed by atoms with Crippen LogP contribution in [0.3, 0.4) is 0 Å². The summed E-state index contributed by atoms with van der Waals surface area (Å²) in [5.74, 6) is 0.835. The van der Waals surface area contributed by atoms with Gasteiger partial charge in [-0.15, -0.1) is 0 Å². The Morgan fingerprint density at radius 2 is 1.72 bits per heavy atom. The molecule has 0 amide bonds. The molecule has 32 heavy (non-hydrogen) atoms. The SMILES string of the molecule is COc1ccc(-c2cccc(-c3nn4c(c3-c3ccnc5ccccc35)CCC4)n2)cc1. The summed E-state index contributed by atoms with van der Waals surface area (Å²) in [6.07, 6.45) is 4.04. The second-order valence-electron chi connectivity index (χ2n) is 8.01. The zero-order valence-electron chi connectivity index (χ0n) is 17.8. The summed E-state index contributed by atoms with van der Waals surface area (Å²) in [6.45, 7) is 0.948. The highest BCUT2D eigenvalue weighted by atomic mass is 16.5. The molecule has 0 fully saturated rings. The smallest absolute Gasteiger partial charge is 0.119 e. The molecule has 0 N–H and O–H groups in total. The Hall–Kier alpha value is -3.99. The second kappa shape index (κ2) is 7.61. The third-order valence-electron chi connectivity index (χ3n) is 6.14. The highest BCUT2D eigenvalue weighted by Gasteiger charge is 2.25. The van der Waals surface area contributed by atoms with Crippen molar-refractivity contribution in [2.24, 2.45) is 0 Å². The Labute approximate surface area is 186 Å². The lowest BCUT2D eigenvalue weighted by atomic mass is 9.96. The monoisotopic (exact) mass is 418 g/mol. The Bertz CT molecular complexity index is 1430. The van der Waals surface area contributed by atoms with E-state index in [2.05, 4.69) is 46.1 Å². The number of ether oxygens (including phenoxy) is 1. The van der Waals surface area contributed by atoms with Crippen LogP contribution in [-0.4, -0.2) is 26.9 Å². The molecule has 5 heteroatoms. The van der Waals surface area contributed by atoms with Gasteiger partial charge in [-0.25, -0.2) is 4.98 Å². The lowest BCUT2D eigenvalue weighted by molar-refractivity contribution is 0.415. The van der Waals surface area contributed by atoms with E-state index in [4.69, 9.17) is 14.8 Å². The van der Waals surface area contributed by atoms with Crippen LogP contribution in [0.2, 0.25) is 0 Å². The van der Waals surface area contributed by atoms with Crippen molar-refractivity contribution in [3.05, 3.63) is 84.7 Å². The summed E-state index contributed by atoms with van der Waals surface area (Å²) in [7, 11) is 1.68. The number of para-hydroxylation sites is 1. The number of fused-ring (bicyclic) bond motifs is 2. The molecule has 5 nitrogen and oxygen atoms in total. The molecule has 1 aliphatic heterocycles. The molecule has 0 saturated carbocycles. The summed E-state index contributed by atoms with van der Waals surface area (Å²) >= 11 is 0. The van der Waals surface area contributed by atoms with E-state index in [1.54, 1.807) is 7.11 Å². The first-order valence-electron chi connectivity index (χ1n) is 10.9. The fraction of sp³-hybridized carbons (Fsp3) is 0.148. The van der Waals surface area contributed by atoms with Gasteiger partial charge in [0, 0.05) is 34.9 Å². The normalized spacial score (nSPS) is 12.8. The second-order valence-corrected chi connectivity index (χ2v) is 8.01. The molecular weight excluding hydrogens is 396 g/mol. The van der Waals surface area contributed by atoms with Crippen molar-refractivity contribution in [2.45, 2.75) is 19.4 Å². The van der Waals surface area contributed by atoms with Gasteiger partial charge >= 0.3 is 0 Å². The lowest BCUT2D eigenvalue weighted by Crippen LogP contribution is -1.95. The van der Waals surface area contributed by atoms with Gasteiger partial charge in [0.15, 0.2) is 0 Å². The van der Waals surface area contributed by atoms with Gasteiger partial charge < -0.3 is 4.74 Å². The maximum Gasteiger partial charge on any atom is 0.119 e. The van der Waals surface area contributed by atoms with Gasteiger partial charge in [0.05, 0.1) is 24.0 Å². The minimum Gasteiger partial charge on any atom is -0.497 e. The first kappa shape index (κ1) is 18.8. The van der Waals surface area contributed by atoms with Gasteiger partial charge in [-0.05, 0) is 66.9 Å². The van der Waals surface area contributed by atoms with Crippen LogP contribution in [-0.2, 0) is 13.0 Å². The Morgan fingerprint density at radius 1 is 0.875 bits per heavy atom. The van der Waals surface area contributed by atoms with Crippen LogP contribution < -0.4 is 4.74 Å². The van der Waals surface area contributed by atoms with Crippen LogP contribution in [0.1, 0.15) is 12.1 Å². The van der Waals surface area contributed by atoms with Gasteiger partial charge in [-0.2, -0.15) is 5.10 Å². The minimum absolute atomic E-state index is 0.835. The highest BCUT2D eigenvalue weighted by molar-refractivity contribution is 5.98. The zero-order chi connectivity index (χ0) is 21.5. The van der Waals surface area contributed by atoms with E-state index in [0.717, 1.165) is 58.7 Å². The van der Waals surface area contributed by atoms with E-state index in [-0.39, 0.29) is 0 Å². The number of aromatic nitrogens is 4. The molecule has 1 aliphatic rings. The fourth-order valence-electron chi connectivity index (χ4n) is 4.60. The van der Waals surface area contributed by atoms with Gasteiger partial charge in [-0.3, -0.25) is 9.67 Å². The van der Waals surface area contributed by atoms with E-state index < -0.39 is 0 Å². The van der Waals surface area contributed by atoms with E-state index in [1.165, 1.54) is 16.8 Å². The van der Waals surface area contributed by atoms with Crippen LogP contribution in [0, 0.1) is 0 Å². The van der Waals surface area contributed by atoms with Gasteiger partial charge in [0.1, 0.15) is 11.4 Å². The van der Waals surface area contributed by atoms with Gasteiger partial charge in [0.25, 0.3) is 0 Å². The molecule has 6 rings (SSSR count). The summed E-state index contributed by atoms with van der Waals surface area (Å²) < 4.78 is 7.45. The van der Waals surface area contributed by atoms with Crippen LogP contribution in [0.15, 0.2) is 79.0 Å². The third-order valence-corrected chi connectivity index (χ3v) is 6.14. The molecule has 0 spiro atoms. The van der Waals surface area contributed by atoms with Crippen LogP contribution in [0.25, 0.3) is 44.7 Å². The molecule has 0 saturated heterocycles. The van der Waals surface area contributed by atoms with E-state index in [1.807, 2.05) is 42.6 Å². The zero-order valence-corrected chi connectivity index (χ0v) is 17.8. The van der Waals surface area contributed by atoms with Crippen LogP contribution in [0.5, 0.6) is 5.75 Å². The Balaban J connectivity index is 1.53. The standard InChI is InChI=1S/C27H22N4O/c1-32-19-13-11-18(12-14-19)22-8-4-9-24(29-22)27-26(25-10-5-17-31(25)30-27)21-15-16-28-23-7-3-2-6-20(21)23/h2-4,6-9,11-16H,5,10,17H2,1H3. The third kappa shape index (κ3) is 3.05. The predicted octanol–water partition coefficient (Wildman–Crippen LogP) is 5.78. The Morgan fingerprint density at radius 3 is 2.59 bits per heavy atom. The summed E-state index contributed by atoms with van der Waals surface area (Å²) in [5.41, 5.74) is 8.43. The van der Waals surface area contributed by atoms with Crippen molar-refractivity contribution in [1.29, 1.82) is 0 Å². The van der Waals surface area contributed by atoms with Crippen molar-refractivity contribution in [3.8, 4) is 39.5 Å². The highest BCUT2D eigenvalue weighted by Crippen LogP contribution is 2.40. The molecule has 2 aromatic carbocycles. The van der Waals surface area contributed by atoms with E-state index >= 15 is 0 Å². The molecule has 4 heterocycles. The number of methoxy groups -OCH3 is 1. The summed E-state index contributed by atoms with van der Waals surface area (Å²) in [6, 6.07) is 24.6. The number of benzene rings is 2. The van der Waals surface area contributed by atoms with Gasteiger partial charge in [0.2, 0.25) is 0 Å². The number of nitrogens with zero attached hydrogens (tertiary/aromatic N) is 4. The molecule has 3 aromatic heterocycles. The van der Waals surface area contributed by atoms with Crippen LogP contribution in [0.4, 0.5) is 0 Å². The summed E-state index contributed by atoms with van der Waals surface area (Å²) in [5, 5.41) is 6.16. The molecule has 0 bridgehead atoms. The average molecular weight is 419 g/mol. The maximum atomic E-state index is 5.29. The molecule has 5 aromatic rings. The van der Waals surface area contributed by atoms with Crippen molar-refractivity contribution in [1.82, 2.24) is 19.7 Å². The first-order chi connectivity index (χ1) is 15.8. The fourth-order valence-corrected chi connectivity index (χ4v) is 4.60. The topological polar surface area (TPSA) is 52.8 Å². The predicted molar refractivity (Wildman–Crippen MR) is 127 cm³/mol. The number of hydrogen-bond donors (Lipinski definition) is 0. The van der Waals surface area contributed by atoms with E-state index in [0.29, 0.717) is 0 Å². The minimum atomic E-state index is 0.835. The number of aryl methyl sites for hydroxylation is 1. The average Bonchev–Trinajstić information content (AvgIpc) is 3.45. The van der Waals surface area contributed by atoms with Crippen molar-refractivity contribution < 1.29 is 4.74 Å². The summed E-state index contributed by atoms with van der Waals surface area (Å²) in [4.78, 5) is 9.58. The van der Waals surface area contributed by atoms with Crippen molar-refractivity contribution in [2.75, 3.05) is 7.11 Å². The van der Waals surface area contributed by atoms with Crippen molar-refractivity contribution in [3.63, 3.8) is 0 Å². The van der Waals surface area contributed by atoms with E-state index in [9.17, 15) is 0 Å². The molecular formula is C27H22N4O. The lowest BCUT2D eigenvalue weighted by Gasteiger charge is -2.10. The van der Waals surface area contributed by atoms with Crippen molar-refractivity contribution >= 4 is 10.9 Å². The Kier molecular flexibility index (Phi) is 4.46. The number of hydrogen-bond acceptors (Lipinski definition) is 4. The largest absolute Gasteiger partial charge is 0.497 e. The molecule has 0 atom stereocenters.